The first-order valence-corrected chi connectivity index (χ1v) is 10.9. The van der Waals surface area contributed by atoms with Gasteiger partial charge in [-0.25, -0.2) is 4.98 Å². The van der Waals surface area contributed by atoms with Crippen LogP contribution in [-0.4, -0.2) is 21.7 Å². The van der Waals surface area contributed by atoms with Crippen LogP contribution in [0.3, 0.4) is 0 Å². The van der Waals surface area contributed by atoms with Crippen molar-refractivity contribution >= 4 is 50.3 Å². The first-order chi connectivity index (χ1) is 15.2. The Morgan fingerprint density at radius 3 is 2.77 bits per heavy atom. The molecule has 0 unspecified atom stereocenters. The standard InChI is InChI=1S/C25H18N4OS/c1-29-21-8-4-3-7-20(21)28-24(29)25(30)27-17-10-16-13-26-14-19(16)18(12-17)23-11-15-6-2-5-9-22(15)31-23/h2-13H,14H2,1H3,(H,27,30). The number of thiophene rings is 1. The number of amides is 1. The lowest BCUT2D eigenvalue weighted by Gasteiger charge is -2.11. The molecule has 6 rings (SSSR count). The van der Waals surface area contributed by atoms with Gasteiger partial charge in [-0.05, 0) is 52.9 Å². The fraction of sp³-hybridized carbons (Fsp3) is 0.0800. The van der Waals surface area contributed by atoms with Crippen molar-refractivity contribution in [2.75, 3.05) is 5.32 Å². The van der Waals surface area contributed by atoms with E-state index < -0.39 is 0 Å². The lowest BCUT2D eigenvalue weighted by atomic mass is 10.0. The Balaban J connectivity index is 1.41. The van der Waals surface area contributed by atoms with Crippen molar-refractivity contribution in [3.05, 3.63) is 83.7 Å². The maximum atomic E-state index is 13.1. The Morgan fingerprint density at radius 2 is 1.90 bits per heavy atom. The van der Waals surface area contributed by atoms with Crippen LogP contribution in [0.4, 0.5) is 5.69 Å². The van der Waals surface area contributed by atoms with Gasteiger partial charge in [0.1, 0.15) is 0 Å². The highest BCUT2D eigenvalue weighted by atomic mass is 32.1. The summed E-state index contributed by atoms with van der Waals surface area (Å²) in [5.74, 6) is 0.162. The number of fused-ring (bicyclic) bond motifs is 3. The molecular formula is C25H18N4OS. The molecule has 1 aliphatic heterocycles. The van der Waals surface area contributed by atoms with E-state index in [-0.39, 0.29) is 5.91 Å². The predicted octanol–water partition coefficient (Wildman–Crippen LogP) is 5.64. The molecule has 3 heterocycles. The number of benzene rings is 3. The van der Waals surface area contributed by atoms with E-state index in [0.717, 1.165) is 27.8 Å². The Bertz CT molecular complexity index is 1490. The summed E-state index contributed by atoms with van der Waals surface area (Å²) < 4.78 is 3.08. The van der Waals surface area contributed by atoms with E-state index in [1.54, 1.807) is 11.3 Å². The molecule has 6 heteroatoms. The van der Waals surface area contributed by atoms with Crippen LogP contribution in [0, 0.1) is 0 Å². The van der Waals surface area contributed by atoms with E-state index in [9.17, 15) is 4.79 Å². The Labute approximate surface area is 182 Å². The molecule has 5 nitrogen and oxygen atoms in total. The largest absolute Gasteiger partial charge is 0.323 e. The molecule has 0 spiro atoms. The number of rotatable bonds is 3. The highest BCUT2D eigenvalue weighted by Gasteiger charge is 2.20. The number of aromatic nitrogens is 2. The van der Waals surface area contributed by atoms with Gasteiger partial charge >= 0.3 is 0 Å². The van der Waals surface area contributed by atoms with Gasteiger partial charge in [0.05, 0.1) is 17.6 Å². The number of nitrogens with one attached hydrogen (secondary N) is 1. The number of imidazole rings is 1. The molecule has 1 amide bonds. The minimum Gasteiger partial charge on any atom is -0.323 e. The Kier molecular flexibility index (Phi) is 4.01. The minimum absolute atomic E-state index is 0.226. The summed E-state index contributed by atoms with van der Waals surface area (Å²) in [5.41, 5.74) is 5.86. The van der Waals surface area contributed by atoms with Gasteiger partial charge in [-0.2, -0.15) is 0 Å². The zero-order valence-electron chi connectivity index (χ0n) is 16.8. The van der Waals surface area contributed by atoms with Gasteiger partial charge < -0.3 is 9.88 Å². The van der Waals surface area contributed by atoms with Gasteiger partial charge in [-0.3, -0.25) is 9.79 Å². The third-order valence-electron chi connectivity index (χ3n) is 5.70. The SMILES string of the molecule is Cn1c(C(=O)Nc2cc3c(c(-c4cc5ccccc5s4)c2)CN=C3)nc2ccccc21. The molecule has 1 N–H and O–H groups in total. The third kappa shape index (κ3) is 2.95. The Morgan fingerprint density at radius 1 is 1.06 bits per heavy atom. The molecule has 0 saturated carbocycles. The van der Waals surface area contributed by atoms with Crippen LogP contribution in [0.25, 0.3) is 31.6 Å². The lowest BCUT2D eigenvalue weighted by molar-refractivity contribution is 0.101. The van der Waals surface area contributed by atoms with Crippen LogP contribution >= 0.6 is 11.3 Å². The summed E-state index contributed by atoms with van der Waals surface area (Å²) in [5, 5.41) is 4.28. The van der Waals surface area contributed by atoms with E-state index >= 15 is 0 Å². The molecule has 1 aliphatic rings. The average Bonchev–Trinajstić information content (AvgIpc) is 3.50. The number of nitrogens with zero attached hydrogens (tertiary/aromatic N) is 3. The molecule has 0 fully saturated rings. The third-order valence-corrected chi connectivity index (χ3v) is 6.85. The van der Waals surface area contributed by atoms with Gasteiger partial charge in [-0.1, -0.05) is 30.3 Å². The molecule has 3 aromatic carbocycles. The molecule has 0 atom stereocenters. The fourth-order valence-electron chi connectivity index (χ4n) is 4.16. The first kappa shape index (κ1) is 18.0. The van der Waals surface area contributed by atoms with Crippen molar-refractivity contribution in [1.82, 2.24) is 9.55 Å². The zero-order chi connectivity index (χ0) is 20.9. The first-order valence-electron chi connectivity index (χ1n) is 10.1. The molecule has 0 aliphatic carbocycles. The topological polar surface area (TPSA) is 59.3 Å². The zero-order valence-corrected chi connectivity index (χ0v) is 17.6. The number of anilines is 1. The monoisotopic (exact) mass is 422 g/mol. The average molecular weight is 423 g/mol. The molecule has 150 valence electrons. The lowest BCUT2D eigenvalue weighted by Crippen LogP contribution is -2.17. The predicted molar refractivity (Wildman–Crippen MR) is 127 cm³/mol. The molecular weight excluding hydrogens is 404 g/mol. The summed E-state index contributed by atoms with van der Waals surface area (Å²) in [6.45, 7) is 0.665. The smallest absolute Gasteiger partial charge is 0.291 e. The quantitative estimate of drug-likeness (QED) is 0.409. The molecule has 0 radical (unpaired) electrons. The number of carbonyl (C=O) groups is 1. The number of para-hydroxylation sites is 2. The summed E-state index contributed by atoms with van der Waals surface area (Å²) in [4.78, 5) is 23.2. The summed E-state index contributed by atoms with van der Waals surface area (Å²) in [6, 6.07) is 22.4. The van der Waals surface area contributed by atoms with Crippen molar-refractivity contribution in [3.8, 4) is 10.4 Å². The van der Waals surface area contributed by atoms with Crippen molar-refractivity contribution in [2.45, 2.75) is 6.54 Å². The second-order valence-electron chi connectivity index (χ2n) is 7.65. The van der Waals surface area contributed by atoms with E-state index in [0.29, 0.717) is 12.4 Å². The van der Waals surface area contributed by atoms with Gasteiger partial charge in [0.15, 0.2) is 5.82 Å². The molecule has 31 heavy (non-hydrogen) atoms. The number of hydrogen-bond acceptors (Lipinski definition) is 4. The van der Waals surface area contributed by atoms with Crippen LogP contribution in [0.15, 0.2) is 71.7 Å². The van der Waals surface area contributed by atoms with Crippen molar-refractivity contribution < 1.29 is 4.79 Å². The number of carbonyl (C=O) groups excluding carboxylic acids is 1. The van der Waals surface area contributed by atoms with Crippen LogP contribution in [0.1, 0.15) is 21.7 Å². The maximum absolute atomic E-state index is 13.1. The number of hydrogen-bond donors (Lipinski definition) is 1. The van der Waals surface area contributed by atoms with Crippen LogP contribution in [-0.2, 0) is 13.6 Å². The van der Waals surface area contributed by atoms with Gasteiger partial charge in [0, 0.05) is 34.1 Å². The summed E-state index contributed by atoms with van der Waals surface area (Å²) in [7, 11) is 1.86. The molecule has 0 saturated heterocycles. The number of aliphatic imine (C=N–C) groups is 1. The van der Waals surface area contributed by atoms with Crippen LogP contribution in [0.5, 0.6) is 0 Å². The van der Waals surface area contributed by atoms with Crippen molar-refractivity contribution in [3.63, 3.8) is 0 Å². The van der Waals surface area contributed by atoms with Crippen molar-refractivity contribution in [1.29, 1.82) is 0 Å². The Hall–Kier alpha value is -3.77. The van der Waals surface area contributed by atoms with Crippen LogP contribution in [0.2, 0.25) is 0 Å². The summed E-state index contributed by atoms with van der Waals surface area (Å²) in [6.07, 6.45) is 1.89. The van der Waals surface area contributed by atoms with E-state index in [2.05, 4.69) is 51.7 Å². The van der Waals surface area contributed by atoms with Gasteiger partial charge in [0.2, 0.25) is 0 Å². The van der Waals surface area contributed by atoms with Gasteiger partial charge in [0.25, 0.3) is 5.91 Å². The fourth-order valence-corrected chi connectivity index (χ4v) is 5.27. The maximum Gasteiger partial charge on any atom is 0.291 e. The van der Waals surface area contributed by atoms with E-state index in [4.69, 9.17) is 0 Å². The highest BCUT2D eigenvalue weighted by molar-refractivity contribution is 7.22. The molecule has 0 bridgehead atoms. The second kappa shape index (κ2) is 6.89. The molecule has 2 aromatic heterocycles. The van der Waals surface area contributed by atoms with E-state index in [1.807, 2.05) is 48.2 Å². The van der Waals surface area contributed by atoms with Gasteiger partial charge in [-0.15, -0.1) is 11.3 Å². The normalized spacial score (nSPS) is 12.5. The second-order valence-corrected chi connectivity index (χ2v) is 8.73. The van der Waals surface area contributed by atoms with E-state index in [1.165, 1.54) is 20.5 Å². The highest BCUT2D eigenvalue weighted by Crippen LogP contribution is 2.39. The van der Waals surface area contributed by atoms with Crippen LogP contribution < -0.4 is 5.32 Å². The van der Waals surface area contributed by atoms with Crippen molar-refractivity contribution in [2.24, 2.45) is 12.0 Å². The number of aryl methyl sites for hydroxylation is 1. The summed E-state index contributed by atoms with van der Waals surface area (Å²) >= 11 is 1.76. The molecule has 5 aromatic rings. The minimum atomic E-state index is -0.226.